The first-order chi connectivity index (χ1) is 9.97. The Kier molecular flexibility index (Phi) is 5.17. The van der Waals surface area contributed by atoms with Crippen LogP contribution in [0.15, 0.2) is 52.0 Å². The van der Waals surface area contributed by atoms with Crippen molar-refractivity contribution in [1.29, 1.82) is 0 Å². The Hall–Kier alpha value is -1.63. The Bertz CT molecular complexity index is 663. The fourth-order valence-electron chi connectivity index (χ4n) is 1.75. The summed E-state index contributed by atoms with van der Waals surface area (Å²) in [5.41, 5.74) is 0.898. The minimum atomic E-state index is -3.62. The van der Waals surface area contributed by atoms with Crippen molar-refractivity contribution in [3.05, 3.63) is 53.8 Å². The number of benzene rings is 1. The van der Waals surface area contributed by atoms with E-state index in [1.54, 1.807) is 6.07 Å². The molecular weight excluding hydrogens is 288 g/mol. The molecule has 0 bridgehead atoms. The summed E-state index contributed by atoms with van der Waals surface area (Å²) in [5, 5.41) is 3.12. The zero-order valence-electron chi connectivity index (χ0n) is 12.2. The van der Waals surface area contributed by atoms with Gasteiger partial charge in [0.05, 0.1) is 6.54 Å². The van der Waals surface area contributed by atoms with Crippen molar-refractivity contribution < 1.29 is 12.8 Å². The quantitative estimate of drug-likeness (QED) is 0.823. The molecule has 1 heterocycles. The maximum Gasteiger partial charge on any atom is 0.274 e. The van der Waals surface area contributed by atoms with Crippen molar-refractivity contribution in [2.75, 3.05) is 0 Å². The highest BCUT2D eigenvalue weighted by Gasteiger charge is 2.18. The molecule has 0 radical (unpaired) electrons. The van der Waals surface area contributed by atoms with E-state index in [-0.39, 0.29) is 11.6 Å². The molecule has 2 rings (SSSR count). The smallest absolute Gasteiger partial charge is 0.274 e. The van der Waals surface area contributed by atoms with Gasteiger partial charge in [0.25, 0.3) is 10.0 Å². The lowest BCUT2D eigenvalue weighted by atomic mass is 10.2. The average molecular weight is 308 g/mol. The molecule has 2 aromatic rings. The average Bonchev–Trinajstić information content (AvgIpc) is 2.94. The van der Waals surface area contributed by atoms with Crippen LogP contribution in [-0.2, 0) is 23.1 Å². The highest BCUT2D eigenvalue weighted by Crippen LogP contribution is 2.14. The Morgan fingerprint density at radius 1 is 1.05 bits per heavy atom. The largest absolute Gasteiger partial charge is 0.447 e. The van der Waals surface area contributed by atoms with Crippen LogP contribution in [0.4, 0.5) is 0 Å². The molecule has 21 heavy (non-hydrogen) atoms. The van der Waals surface area contributed by atoms with Crippen LogP contribution in [0.2, 0.25) is 0 Å². The van der Waals surface area contributed by atoms with Gasteiger partial charge in [0.15, 0.2) is 0 Å². The molecule has 2 N–H and O–H groups in total. The van der Waals surface area contributed by atoms with Crippen molar-refractivity contribution in [3.8, 4) is 0 Å². The van der Waals surface area contributed by atoms with Crippen LogP contribution in [0.1, 0.15) is 25.2 Å². The second-order valence-electron chi connectivity index (χ2n) is 5.07. The summed E-state index contributed by atoms with van der Waals surface area (Å²) in [7, 11) is -3.62. The number of hydrogen-bond acceptors (Lipinski definition) is 4. The van der Waals surface area contributed by atoms with E-state index in [1.807, 2.05) is 44.2 Å². The van der Waals surface area contributed by atoms with Crippen LogP contribution in [0.3, 0.4) is 0 Å². The van der Waals surface area contributed by atoms with Crippen LogP contribution < -0.4 is 10.0 Å². The zero-order chi connectivity index (χ0) is 15.3. The third-order valence-corrected chi connectivity index (χ3v) is 4.17. The lowest BCUT2D eigenvalue weighted by molar-refractivity contribution is 0.393. The van der Waals surface area contributed by atoms with E-state index in [4.69, 9.17) is 4.42 Å². The van der Waals surface area contributed by atoms with Gasteiger partial charge in [0.1, 0.15) is 5.76 Å². The second kappa shape index (κ2) is 6.89. The third kappa shape index (κ3) is 4.70. The van der Waals surface area contributed by atoms with Gasteiger partial charge in [0, 0.05) is 12.6 Å². The molecule has 0 aliphatic heterocycles. The number of sulfonamides is 1. The molecule has 114 valence electrons. The van der Waals surface area contributed by atoms with Crippen LogP contribution in [-0.4, -0.2) is 14.5 Å². The summed E-state index contributed by atoms with van der Waals surface area (Å²) in [4.78, 5) is 0. The first-order valence-corrected chi connectivity index (χ1v) is 8.31. The molecule has 0 amide bonds. The molecule has 5 nitrogen and oxygen atoms in total. The molecule has 0 aliphatic carbocycles. The molecular formula is C15H20N2O3S. The van der Waals surface area contributed by atoms with Crippen molar-refractivity contribution in [2.45, 2.75) is 38.1 Å². The van der Waals surface area contributed by atoms with Gasteiger partial charge in [-0.15, -0.1) is 0 Å². The van der Waals surface area contributed by atoms with Crippen molar-refractivity contribution in [1.82, 2.24) is 10.0 Å². The Labute approximate surface area is 125 Å². The number of hydrogen-bond donors (Lipinski definition) is 2. The van der Waals surface area contributed by atoms with Crippen LogP contribution in [0.5, 0.6) is 0 Å². The molecule has 0 atom stereocenters. The lowest BCUT2D eigenvalue weighted by Crippen LogP contribution is -2.23. The summed E-state index contributed by atoms with van der Waals surface area (Å²) >= 11 is 0. The van der Waals surface area contributed by atoms with E-state index < -0.39 is 10.0 Å². The number of nitrogens with one attached hydrogen (secondary N) is 2. The standard InChI is InChI=1S/C15H20N2O3S/c1-12(2)16-11-14-8-9-15(20-14)21(18,19)17-10-13-6-4-3-5-7-13/h3-9,12,16-17H,10-11H2,1-2H3. The topological polar surface area (TPSA) is 71.3 Å². The minimum absolute atomic E-state index is 0.0565. The maximum atomic E-state index is 12.1. The van der Waals surface area contributed by atoms with Gasteiger partial charge in [-0.2, -0.15) is 0 Å². The van der Waals surface area contributed by atoms with Gasteiger partial charge in [-0.1, -0.05) is 44.2 Å². The molecule has 0 saturated heterocycles. The molecule has 0 unspecified atom stereocenters. The Balaban J connectivity index is 1.99. The lowest BCUT2D eigenvalue weighted by Gasteiger charge is -2.06. The summed E-state index contributed by atoms with van der Waals surface area (Å²) in [6, 6.07) is 12.8. The highest BCUT2D eigenvalue weighted by molar-refractivity contribution is 7.89. The van der Waals surface area contributed by atoms with Crippen LogP contribution in [0.25, 0.3) is 0 Å². The summed E-state index contributed by atoms with van der Waals surface area (Å²) in [6.45, 7) is 4.78. The molecule has 0 aliphatic rings. The summed E-state index contributed by atoms with van der Waals surface area (Å²) < 4.78 is 32.2. The summed E-state index contributed by atoms with van der Waals surface area (Å²) in [5.74, 6) is 0.601. The van der Waals surface area contributed by atoms with Crippen molar-refractivity contribution >= 4 is 10.0 Å². The predicted octanol–water partition coefficient (Wildman–Crippen LogP) is 2.26. The number of rotatable bonds is 7. The SMILES string of the molecule is CC(C)NCc1ccc(S(=O)(=O)NCc2ccccc2)o1. The minimum Gasteiger partial charge on any atom is -0.447 e. The highest BCUT2D eigenvalue weighted by atomic mass is 32.2. The Morgan fingerprint density at radius 3 is 2.43 bits per heavy atom. The predicted molar refractivity (Wildman–Crippen MR) is 81.2 cm³/mol. The first kappa shape index (κ1) is 15.8. The van der Waals surface area contributed by atoms with Gasteiger partial charge in [-0.25, -0.2) is 13.1 Å². The molecule has 1 aromatic carbocycles. The van der Waals surface area contributed by atoms with Gasteiger partial charge in [0.2, 0.25) is 5.09 Å². The maximum absolute atomic E-state index is 12.1. The monoisotopic (exact) mass is 308 g/mol. The van der Waals surface area contributed by atoms with E-state index >= 15 is 0 Å². The van der Waals surface area contributed by atoms with Crippen molar-refractivity contribution in [3.63, 3.8) is 0 Å². The first-order valence-electron chi connectivity index (χ1n) is 6.83. The molecule has 0 fully saturated rings. The van der Waals surface area contributed by atoms with Gasteiger partial charge in [-0.3, -0.25) is 0 Å². The normalized spacial score (nSPS) is 12.0. The second-order valence-corrected chi connectivity index (χ2v) is 6.76. The molecule has 0 saturated carbocycles. The third-order valence-electron chi connectivity index (χ3n) is 2.90. The molecule has 0 spiro atoms. The molecule has 6 heteroatoms. The van der Waals surface area contributed by atoms with Gasteiger partial charge in [-0.05, 0) is 17.7 Å². The van der Waals surface area contributed by atoms with E-state index in [2.05, 4.69) is 10.0 Å². The van der Waals surface area contributed by atoms with Gasteiger partial charge >= 0.3 is 0 Å². The van der Waals surface area contributed by atoms with E-state index in [0.29, 0.717) is 18.3 Å². The van der Waals surface area contributed by atoms with Crippen LogP contribution in [0, 0.1) is 0 Å². The Morgan fingerprint density at radius 2 is 1.76 bits per heavy atom. The van der Waals surface area contributed by atoms with Crippen molar-refractivity contribution in [2.24, 2.45) is 0 Å². The number of furan rings is 1. The summed E-state index contributed by atoms with van der Waals surface area (Å²) in [6.07, 6.45) is 0. The zero-order valence-corrected chi connectivity index (χ0v) is 13.0. The van der Waals surface area contributed by atoms with E-state index in [9.17, 15) is 8.42 Å². The fourth-order valence-corrected chi connectivity index (χ4v) is 2.71. The van der Waals surface area contributed by atoms with Gasteiger partial charge < -0.3 is 9.73 Å². The van der Waals surface area contributed by atoms with Crippen LogP contribution >= 0.6 is 0 Å². The van der Waals surface area contributed by atoms with E-state index in [0.717, 1.165) is 5.56 Å². The fraction of sp³-hybridized carbons (Fsp3) is 0.333. The molecule has 1 aromatic heterocycles. The van der Waals surface area contributed by atoms with E-state index in [1.165, 1.54) is 6.07 Å².